The van der Waals surface area contributed by atoms with Crippen LogP contribution in [0.2, 0.25) is 0 Å². The van der Waals surface area contributed by atoms with E-state index in [-0.39, 0.29) is 17.0 Å². The van der Waals surface area contributed by atoms with Crippen molar-refractivity contribution < 1.29 is 17.9 Å². The van der Waals surface area contributed by atoms with Crippen molar-refractivity contribution in [2.45, 2.75) is 0 Å². The molecule has 2 N–H and O–H groups in total. The summed E-state index contributed by atoms with van der Waals surface area (Å²) in [5.41, 5.74) is 0.840. The van der Waals surface area contributed by atoms with Crippen molar-refractivity contribution in [1.82, 2.24) is 4.98 Å². The molecule has 0 aliphatic rings. The number of carbonyl (C=O) groups excluding carboxylic acids is 1. The van der Waals surface area contributed by atoms with E-state index in [0.29, 0.717) is 16.7 Å². The van der Waals surface area contributed by atoms with Gasteiger partial charge in [0.15, 0.2) is 0 Å². The molecule has 0 spiro atoms. The third-order valence-corrected chi connectivity index (χ3v) is 3.48. The second kappa shape index (κ2) is 5.54. The molecule has 0 aliphatic carbocycles. The lowest BCUT2D eigenvalue weighted by atomic mass is 10.1. The maximum absolute atomic E-state index is 11.9. The van der Waals surface area contributed by atoms with Crippen molar-refractivity contribution in [2.24, 2.45) is 0 Å². The molecule has 1 heterocycles. The zero-order chi connectivity index (χ0) is 16.5. The number of fused-ring (bicyclic) bond motifs is 1. The summed E-state index contributed by atoms with van der Waals surface area (Å²) in [5, 5.41) is 9.31. The first kappa shape index (κ1) is 15.6. The molecule has 7 nitrogen and oxygen atoms in total. The van der Waals surface area contributed by atoms with Gasteiger partial charge in [-0.3, -0.25) is 9.52 Å². The summed E-state index contributed by atoms with van der Waals surface area (Å²) < 4.78 is 30.2. The summed E-state index contributed by atoms with van der Waals surface area (Å²) in [6.45, 7) is 3.37. The first-order valence-electron chi connectivity index (χ1n) is 6.07. The van der Waals surface area contributed by atoms with Crippen molar-refractivity contribution in [3.05, 3.63) is 36.0 Å². The summed E-state index contributed by atoms with van der Waals surface area (Å²) in [6, 6.07) is 6.32. The minimum absolute atomic E-state index is 0.187. The van der Waals surface area contributed by atoms with Crippen LogP contribution in [-0.2, 0) is 10.0 Å². The van der Waals surface area contributed by atoms with Crippen LogP contribution >= 0.6 is 0 Å². The average molecular weight is 319 g/mol. The van der Waals surface area contributed by atoms with Crippen LogP contribution in [0.25, 0.3) is 10.9 Å². The molecule has 0 unspecified atom stereocenters. The van der Waals surface area contributed by atoms with Gasteiger partial charge in [-0.15, -0.1) is 0 Å². The van der Waals surface area contributed by atoms with Crippen molar-refractivity contribution in [3.8, 4) is 11.8 Å². The Hall–Kier alpha value is -2.79. The van der Waals surface area contributed by atoms with E-state index in [1.165, 1.54) is 19.2 Å². The number of aromatic nitrogens is 1. The van der Waals surface area contributed by atoms with Gasteiger partial charge in [-0.2, -0.15) is 5.26 Å². The molecule has 0 bridgehead atoms. The molecule has 0 aliphatic heterocycles. The van der Waals surface area contributed by atoms with Crippen LogP contribution in [-0.4, -0.2) is 32.6 Å². The minimum Gasteiger partial charge on any atom is -0.494 e. The largest absolute Gasteiger partial charge is 0.494 e. The monoisotopic (exact) mass is 319 g/mol. The van der Waals surface area contributed by atoms with Crippen LogP contribution in [0.3, 0.4) is 0 Å². The highest BCUT2D eigenvalue weighted by molar-refractivity contribution is 7.92. The zero-order valence-corrected chi connectivity index (χ0v) is 12.7. The Morgan fingerprint density at radius 2 is 2.09 bits per heavy atom. The van der Waals surface area contributed by atoms with E-state index in [2.05, 4.69) is 16.3 Å². The van der Waals surface area contributed by atoms with Gasteiger partial charge in [-0.1, -0.05) is 6.58 Å². The maximum atomic E-state index is 11.9. The molecule has 0 saturated heterocycles. The van der Waals surface area contributed by atoms with E-state index in [0.717, 1.165) is 6.26 Å². The Labute approximate surface area is 127 Å². The number of sulfonamides is 1. The van der Waals surface area contributed by atoms with Crippen LogP contribution < -0.4 is 9.46 Å². The fourth-order valence-electron chi connectivity index (χ4n) is 1.94. The van der Waals surface area contributed by atoms with Crippen molar-refractivity contribution in [2.75, 3.05) is 18.1 Å². The molecule has 0 saturated carbocycles. The molecule has 2 aromatic rings. The summed E-state index contributed by atoms with van der Waals surface area (Å²) >= 11 is 0. The lowest BCUT2D eigenvalue weighted by molar-refractivity contribution is 0.103. The SMILES string of the molecule is C=C(C#N)C(=O)c1cc2cc(NS(C)(=O)=O)c(OC)cc2[nH]1. The number of hydrogen-bond acceptors (Lipinski definition) is 5. The maximum Gasteiger partial charge on any atom is 0.229 e. The zero-order valence-electron chi connectivity index (χ0n) is 11.9. The Kier molecular flexibility index (Phi) is 3.93. The van der Waals surface area contributed by atoms with Crippen molar-refractivity contribution >= 4 is 32.4 Å². The second-order valence-electron chi connectivity index (χ2n) is 4.62. The van der Waals surface area contributed by atoms with E-state index in [1.807, 2.05) is 0 Å². The number of allylic oxidation sites excluding steroid dienone is 1. The predicted octanol–water partition coefficient (Wildman–Crippen LogP) is 1.81. The Balaban J connectivity index is 2.56. The number of aromatic amines is 1. The van der Waals surface area contributed by atoms with E-state index in [9.17, 15) is 13.2 Å². The van der Waals surface area contributed by atoms with Gasteiger partial charge < -0.3 is 9.72 Å². The van der Waals surface area contributed by atoms with Gasteiger partial charge >= 0.3 is 0 Å². The number of ether oxygens (including phenoxy) is 1. The van der Waals surface area contributed by atoms with Gasteiger partial charge in [0.1, 0.15) is 11.8 Å². The number of carbonyl (C=O) groups is 1. The van der Waals surface area contributed by atoms with Crippen molar-refractivity contribution in [1.29, 1.82) is 5.26 Å². The number of methoxy groups -OCH3 is 1. The number of rotatable bonds is 5. The molecule has 0 atom stereocenters. The molecule has 0 radical (unpaired) electrons. The standard InChI is InChI=1S/C14H13N3O4S/c1-8(7-15)14(18)12-5-9-4-11(17-22(3,19)20)13(21-2)6-10(9)16-12/h4-6,16-17H,1H2,2-3H3. The lowest BCUT2D eigenvalue weighted by Gasteiger charge is -2.09. The molecule has 8 heteroatoms. The molecule has 0 amide bonds. The molecule has 1 aromatic heterocycles. The molecule has 114 valence electrons. The van der Waals surface area contributed by atoms with Crippen LogP contribution in [0.5, 0.6) is 5.75 Å². The summed E-state index contributed by atoms with van der Waals surface area (Å²) in [6.07, 6.45) is 1.03. The van der Waals surface area contributed by atoms with Crippen LogP contribution in [0.1, 0.15) is 10.5 Å². The number of ketones is 1. The Bertz CT molecular complexity index is 919. The van der Waals surface area contributed by atoms with E-state index in [4.69, 9.17) is 10.00 Å². The highest BCUT2D eigenvalue weighted by Gasteiger charge is 2.16. The van der Waals surface area contributed by atoms with E-state index < -0.39 is 15.8 Å². The number of Topliss-reactive ketones (excluding diaryl/α,β-unsaturated/α-hetero) is 1. The van der Waals surface area contributed by atoms with Gasteiger partial charge in [0, 0.05) is 17.0 Å². The van der Waals surface area contributed by atoms with E-state index >= 15 is 0 Å². The van der Waals surface area contributed by atoms with Crippen LogP contribution in [0.4, 0.5) is 5.69 Å². The first-order chi connectivity index (χ1) is 10.2. The smallest absolute Gasteiger partial charge is 0.229 e. The topological polar surface area (TPSA) is 112 Å². The number of nitriles is 1. The van der Waals surface area contributed by atoms with Crippen LogP contribution in [0.15, 0.2) is 30.4 Å². The quantitative estimate of drug-likeness (QED) is 0.496. The van der Waals surface area contributed by atoms with Gasteiger partial charge in [0.2, 0.25) is 15.8 Å². The number of nitrogens with zero attached hydrogens (tertiary/aromatic N) is 1. The lowest BCUT2D eigenvalue weighted by Crippen LogP contribution is -2.10. The second-order valence-corrected chi connectivity index (χ2v) is 6.36. The molecular formula is C14H13N3O4S. The summed E-state index contributed by atoms with van der Waals surface area (Å²) in [5.74, 6) is -0.215. The number of nitrogens with one attached hydrogen (secondary N) is 2. The van der Waals surface area contributed by atoms with Crippen LogP contribution in [0, 0.1) is 11.3 Å². The number of anilines is 1. The highest BCUT2D eigenvalue weighted by atomic mass is 32.2. The minimum atomic E-state index is -3.47. The highest BCUT2D eigenvalue weighted by Crippen LogP contribution is 2.31. The third kappa shape index (κ3) is 3.10. The molecular weight excluding hydrogens is 306 g/mol. The predicted molar refractivity (Wildman–Crippen MR) is 82.4 cm³/mol. The fourth-order valence-corrected chi connectivity index (χ4v) is 2.50. The summed E-state index contributed by atoms with van der Waals surface area (Å²) in [4.78, 5) is 14.8. The summed E-state index contributed by atoms with van der Waals surface area (Å²) in [7, 11) is -2.07. The number of benzene rings is 1. The first-order valence-corrected chi connectivity index (χ1v) is 7.96. The van der Waals surface area contributed by atoms with Gasteiger partial charge in [0.25, 0.3) is 0 Å². The Morgan fingerprint density at radius 3 is 2.64 bits per heavy atom. The fraction of sp³-hybridized carbons (Fsp3) is 0.143. The van der Waals surface area contributed by atoms with Crippen molar-refractivity contribution in [3.63, 3.8) is 0 Å². The molecule has 2 rings (SSSR count). The van der Waals surface area contributed by atoms with E-state index in [1.54, 1.807) is 12.1 Å². The van der Waals surface area contributed by atoms with Gasteiger partial charge in [-0.05, 0) is 12.1 Å². The number of H-pyrrole nitrogens is 1. The molecule has 1 aromatic carbocycles. The normalized spacial score (nSPS) is 11.0. The third-order valence-electron chi connectivity index (χ3n) is 2.89. The average Bonchev–Trinajstić information content (AvgIpc) is 2.85. The number of hydrogen-bond donors (Lipinski definition) is 2. The molecule has 0 fully saturated rings. The van der Waals surface area contributed by atoms with Gasteiger partial charge in [-0.25, -0.2) is 8.42 Å². The van der Waals surface area contributed by atoms with Gasteiger partial charge in [0.05, 0.1) is 30.3 Å². The molecule has 22 heavy (non-hydrogen) atoms. The Morgan fingerprint density at radius 1 is 1.41 bits per heavy atom.